The van der Waals surface area contributed by atoms with E-state index in [0.29, 0.717) is 12.2 Å². The largest absolute Gasteiger partial charge is 0.506 e. The Morgan fingerprint density at radius 3 is 2.84 bits per heavy atom. The van der Waals surface area contributed by atoms with Crippen molar-refractivity contribution < 1.29 is 5.11 Å². The maximum Gasteiger partial charge on any atom is 0.138 e. The molecule has 0 fully saturated rings. The molecule has 102 valence electrons. The van der Waals surface area contributed by atoms with Crippen molar-refractivity contribution in [1.29, 1.82) is 0 Å². The zero-order chi connectivity index (χ0) is 13.8. The molecule has 2 aromatic heterocycles. The number of nitrogens with one attached hydrogen (secondary N) is 1. The lowest BCUT2D eigenvalue weighted by atomic mass is 10.1. The minimum atomic E-state index is 0.224. The molecule has 0 unspecified atom stereocenters. The molecule has 0 aliphatic heterocycles. The van der Waals surface area contributed by atoms with E-state index in [9.17, 15) is 5.11 Å². The van der Waals surface area contributed by atoms with Crippen molar-refractivity contribution in [3.63, 3.8) is 0 Å². The van der Waals surface area contributed by atoms with E-state index in [1.165, 1.54) is 0 Å². The number of aromatic nitrogens is 3. The van der Waals surface area contributed by atoms with Gasteiger partial charge in [-0.3, -0.25) is 9.67 Å². The summed E-state index contributed by atoms with van der Waals surface area (Å²) in [6, 6.07) is 5.86. The van der Waals surface area contributed by atoms with Crippen LogP contribution in [0.5, 0.6) is 5.75 Å². The Kier molecular flexibility index (Phi) is 4.16. The average molecular weight is 260 g/mol. The van der Waals surface area contributed by atoms with Crippen LogP contribution in [-0.2, 0) is 6.54 Å². The van der Waals surface area contributed by atoms with Gasteiger partial charge in [0.25, 0.3) is 0 Å². The Hall–Kier alpha value is -1.88. The Balaban J connectivity index is 1.96. The summed E-state index contributed by atoms with van der Waals surface area (Å²) in [4.78, 5) is 4.33. The molecule has 0 spiro atoms. The van der Waals surface area contributed by atoms with Crippen molar-refractivity contribution in [2.24, 2.45) is 0 Å². The molecular weight excluding hydrogens is 240 g/mol. The van der Waals surface area contributed by atoms with Crippen molar-refractivity contribution in [1.82, 2.24) is 20.1 Å². The summed E-state index contributed by atoms with van der Waals surface area (Å²) in [6.07, 6.45) is 3.72. The number of hydrogen-bond acceptors (Lipinski definition) is 4. The Morgan fingerprint density at radius 1 is 1.37 bits per heavy atom. The van der Waals surface area contributed by atoms with Gasteiger partial charge in [0.1, 0.15) is 5.75 Å². The fourth-order valence-electron chi connectivity index (χ4n) is 1.91. The summed E-state index contributed by atoms with van der Waals surface area (Å²) in [5.41, 5.74) is 1.59. The minimum Gasteiger partial charge on any atom is -0.506 e. The molecular formula is C14H20N4O. The van der Waals surface area contributed by atoms with Gasteiger partial charge in [0.2, 0.25) is 0 Å². The molecule has 5 nitrogen and oxygen atoms in total. The Morgan fingerprint density at radius 2 is 2.16 bits per heavy atom. The summed E-state index contributed by atoms with van der Waals surface area (Å²) >= 11 is 0. The van der Waals surface area contributed by atoms with Crippen LogP contribution in [0.1, 0.15) is 31.3 Å². The van der Waals surface area contributed by atoms with Gasteiger partial charge in [-0.05, 0) is 39.0 Å². The highest BCUT2D eigenvalue weighted by Crippen LogP contribution is 2.16. The SMILES string of the molecule is Cc1ccc(O)c(CN[C@H](C)[C@H](C)n2cccn2)n1. The zero-order valence-corrected chi connectivity index (χ0v) is 11.5. The highest BCUT2D eigenvalue weighted by molar-refractivity contribution is 5.27. The molecule has 2 rings (SSSR count). The van der Waals surface area contributed by atoms with Crippen molar-refractivity contribution in [2.45, 2.75) is 39.4 Å². The minimum absolute atomic E-state index is 0.224. The first-order valence-corrected chi connectivity index (χ1v) is 6.46. The molecule has 2 N–H and O–H groups in total. The molecule has 0 saturated carbocycles. The number of aromatic hydroxyl groups is 1. The Bertz CT molecular complexity index is 524. The van der Waals surface area contributed by atoms with Crippen LogP contribution in [-0.4, -0.2) is 25.9 Å². The van der Waals surface area contributed by atoms with E-state index in [1.54, 1.807) is 18.3 Å². The van der Waals surface area contributed by atoms with Gasteiger partial charge in [-0.15, -0.1) is 0 Å². The third kappa shape index (κ3) is 3.32. The first-order chi connectivity index (χ1) is 9.08. The summed E-state index contributed by atoms with van der Waals surface area (Å²) in [7, 11) is 0. The van der Waals surface area contributed by atoms with E-state index in [2.05, 4.69) is 29.2 Å². The number of rotatable bonds is 5. The second-order valence-electron chi connectivity index (χ2n) is 4.81. The van der Waals surface area contributed by atoms with Crippen LogP contribution in [0.4, 0.5) is 0 Å². The fraction of sp³-hybridized carbons (Fsp3) is 0.429. The van der Waals surface area contributed by atoms with Gasteiger partial charge < -0.3 is 10.4 Å². The predicted octanol–water partition coefficient (Wildman–Crippen LogP) is 2.03. The van der Waals surface area contributed by atoms with Gasteiger partial charge in [0.05, 0.1) is 11.7 Å². The highest BCUT2D eigenvalue weighted by atomic mass is 16.3. The number of pyridine rings is 1. The normalized spacial score (nSPS) is 14.3. The molecule has 0 radical (unpaired) electrons. The highest BCUT2D eigenvalue weighted by Gasteiger charge is 2.14. The summed E-state index contributed by atoms with van der Waals surface area (Å²) < 4.78 is 1.92. The third-order valence-corrected chi connectivity index (χ3v) is 3.35. The lowest BCUT2D eigenvalue weighted by Gasteiger charge is -2.21. The van der Waals surface area contributed by atoms with Crippen LogP contribution in [0, 0.1) is 6.92 Å². The lowest BCUT2D eigenvalue weighted by molar-refractivity contribution is 0.360. The molecule has 2 heterocycles. The second-order valence-corrected chi connectivity index (χ2v) is 4.81. The van der Waals surface area contributed by atoms with Crippen molar-refractivity contribution in [3.8, 4) is 5.75 Å². The molecule has 0 aliphatic carbocycles. The van der Waals surface area contributed by atoms with E-state index >= 15 is 0 Å². The molecule has 19 heavy (non-hydrogen) atoms. The van der Waals surface area contributed by atoms with Crippen molar-refractivity contribution in [3.05, 3.63) is 42.0 Å². The monoisotopic (exact) mass is 260 g/mol. The fourth-order valence-corrected chi connectivity index (χ4v) is 1.91. The molecule has 0 bridgehead atoms. The average Bonchev–Trinajstić information content (AvgIpc) is 2.92. The number of nitrogens with zero attached hydrogens (tertiary/aromatic N) is 3. The maximum absolute atomic E-state index is 9.75. The summed E-state index contributed by atoms with van der Waals surface area (Å²) in [5.74, 6) is 0.233. The second kappa shape index (κ2) is 5.84. The zero-order valence-electron chi connectivity index (χ0n) is 11.5. The molecule has 2 aromatic rings. The number of hydrogen-bond donors (Lipinski definition) is 2. The molecule has 0 amide bonds. The van der Waals surface area contributed by atoms with E-state index in [-0.39, 0.29) is 17.8 Å². The van der Waals surface area contributed by atoms with Gasteiger partial charge in [-0.25, -0.2) is 0 Å². The van der Waals surface area contributed by atoms with E-state index < -0.39 is 0 Å². The predicted molar refractivity (Wildman–Crippen MR) is 73.9 cm³/mol. The van der Waals surface area contributed by atoms with Crippen molar-refractivity contribution in [2.75, 3.05) is 0 Å². The van der Waals surface area contributed by atoms with Gasteiger partial charge in [0.15, 0.2) is 0 Å². The van der Waals surface area contributed by atoms with E-state index in [1.807, 2.05) is 23.9 Å². The maximum atomic E-state index is 9.75. The van der Waals surface area contributed by atoms with E-state index in [4.69, 9.17) is 0 Å². The molecule has 0 saturated heterocycles. The van der Waals surface area contributed by atoms with Crippen LogP contribution in [0.2, 0.25) is 0 Å². The van der Waals surface area contributed by atoms with Crippen molar-refractivity contribution >= 4 is 0 Å². The Labute approximate surface area is 113 Å². The first-order valence-electron chi connectivity index (χ1n) is 6.46. The lowest BCUT2D eigenvalue weighted by Crippen LogP contribution is -2.33. The quantitative estimate of drug-likeness (QED) is 0.863. The van der Waals surface area contributed by atoms with Crippen LogP contribution in [0.3, 0.4) is 0 Å². The smallest absolute Gasteiger partial charge is 0.138 e. The van der Waals surface area contributed by atoms with E-state index in [0.717, 1.165) is 5.69 Å². The van der Waals surface area contributed by atoms with Gasteiger partial charge >= 0.3 is 0 Å². The number of aryl methyl sites for hydroxylation is 1. The van der Waals surface area contributed by atoms with Crippen LogP contribution in [0.25, 0.3) is 0 Å². The third-order valence-electron chi connectivity index (χ3n) is 3.35. The molecule has 5 heteroatoms. The van der Waals surface area contributed by atoms with Gasteiger partial charge in [-0.2, -0.15) is 5.10 Å². The molecule has 0 aliphatic rings. The van der Waals surface area contributed by atoms with Crippen LogP contribution < -0.4 is 5.32 Å². The summed E-state index contributed by atoms with van der Waals surface area (Å²) in [6.45, 7) is 6.66. The van der Waals surface area contributed by atoms with Gasteiger partial charge in [0, 0.05) is 30.7 Å². The topological polar surface area (TPSA) is 63.0 Å². The standard InChI is InChI=1S/C14H20N4O/c1-10-5-6-14(19)13(17-10)9-15-11(2)12(3)18-8-4-7-16-18/h4-8,11-12,15,19H,9H2,1-3H3/t11-,12+/m1/s1. The van der Waals surface area contributed by atoms with Crippen LogP contribution in [0.15, 0.2) is 30.6 Å². The van der Waals surface area contributed by atoms with Crippen LogP contribution >= 0.6 is 0 Å². The van der Waals surface area contributed by atoms with Gasteiger partial charge in [-0.1, -0.05) is 0 Å². The molecule has 2 atom stereocenters. The summed E-state index contributed by atoms with van der Waals surface area (Å²) in [5, 5.41) is 17.4. The molecule has 0 aromatic carbocycles. The first kappa shape index (κ1) is 13.5.